The molecule has 0 aromatic heterocycles. The lowest BCUT2D eigenvalue weighted by Gasteiger charge is -2.22. The van der Waals surface area contributed by atoms with Crippen LogP contribution in [0.5, 0.6) is 0 Å². The van der Waals surface area contributed by atoms with Crippen LogP contribution >= 0.6 is 0 Å². The third-order valence-electron chi connectivity index (χ3n) is 2.31. The Kier molecular flexibility index (Phi) is 2.22. The highest BCUT2D eigenvalue weighted by Gasteiger charge is 2.20. The molecule has 0 amide bonds. The minimum absolute atomic E-state index is 0.370. The van der Waals surface area contributed by atoms with Crippen molar-refractivity contribution < 1.29 is 0 Å². The standard InChI is InChI=1S/C11H18/c1-5-9-7-6-8-10(9)11(2,3)4/h6-7H,5,8H2,1-4H3. The van der Waals surface area contributed by atoms with Gasteiger partial charge in [-0.2, -0.15) is 0 Å². The summed E-state index contributed by atoms with van der Waals surface area (Å²) in [6.45, 7) is 9.12. The first-order chi connectivity index (χ1) is 5.05. The van der Waals surface area contributed by atoms with Crippen molar-refractivity contribution in [3.63, 3.8) is 0 Å². The van der Waals surface area contributed by atoms with Crippen molar-refractivity contribution in [2.45, 2.75) is 40.5 Å². The summed E-state index contributed by atoms with van der Waals surface area (Å²) >= 11 is 0. The molecule has 0 aromatic carbocycles. The van der Waals surface area contributed by atoms with E-state index in [0.29, 0.717) is 5.41 Å². The molecule has 0 spiro atoms. The molecule has 0 aliphatic heterocycles. The first-order valence-corrected chi connectivity index (χ1v) is 4.44. The van der Waals surface area contributed by atoms with Gasteiger partial charge in [0.2, 0.25) is 0 Å². The molecule has 0 nitrogen and oxygen atoms in total. The minimum atomic E-state index is 0.370. The first kappa shape index (κ1) is 8.58. The van der Waals surface area contributed by atoms with E-state index in [-0.39, 0.29) is 0 Å². The van der Waals surface area contributed by atoms with Gasteiger partial charge in [-0.25, -0.2) is 0 Å². The molecule has 11 heavy (non-hydrogen) atoms. The molecule has 0 heteroatoms. The summed E-state index contributed by atoms with van der Waals surface area (Å²) < 4.78 is 0. The van der Waals surface area contributed by atoms with Gasteiger partial charge in [0, 0.05) is 0 Å². The van der Waals surface area contributed by atoms with Crippen molar-refractivity contribution in [3.8, 4) is 0 Å². The molecule has 62 valence electrons. The average molecular weight is 150 g/mol. The molecule has 0 fully saturated rings. The van der Waals surface area contributed by atoms with Crippen LogP contribution in [0.15, 0.2) is 23.3 Å². The maximum absolute atomic E-state index is 2.30. The lowest BCUT2D eigenvalue weighted by molar-refractivity contribution is 0.491. The van der Waals surface area contributed by atoms with Crippen LogP contribution in [0.2, 0.25) is 0 Å². The fourth-order valence-corrected chi connectivity index (χ4v) is 1.67. The molecule has 0 N–H and O–H groups in total. The van der Waals surface area contributed by atoms with Crippen LogP contribution in [-0.2, 0) is 0 Å². The summed E-state index contributed by atoms with van der Waals surface area (Å²) in [7, 11) is 0. The Morgan fingerprint density at radius 1 is 1.36 bits per heavy atom. The Labute approximate surface area is 70.0 Å². The number of hydrogen-bond acceptors (Lipinski definition) is 0. The second kappa shape index (κ2) is 2.84. The van der Waals surface area contributed by atoms with Crippen molar-refractivity contribution in [2.75, 3.05) is 0 Å². The van der Waals surface area contributed by atoms with Crippen LogP contribution < -0.4 is 0 Å². The summed E-state index contributed by atoms with van der Waals surface area (Å²) in [5, 5.41) is 0. The van der Waals surface area contributed by atoms with Gasteiger partial charge in [-0.1, -0.05) is 45.4 Å². The van der Waals surface area contributed by atoms with Gasteiger partial charge in [-0.15, -0.1) is 0 Å². The molecule has 0 saturated heterocycles. The maximum Gasteiger partial charge on any atom is -0.0124 e. The van der Waals surface area contributed by atoms with Crippen molar-refractivity contribution in [2.24, 2.45) is 5.41 Å². The van der Waals surface area contributed by atoms with Crippen molar-refractivity contribution >= 4 is 0 Å². The molecule has 0 saturated carbocycles. The normalized spacial score (nSPS) is 18.2. The summed E-state index contributed by atoms with van der Waals surface area (Å²) in [5.41, 5.74) is 3.55. The molecule has 1 aliphatic carbocycles. The Morgan fingerprint density at radius 3 is 2.36 bits per heavy atom. The van der Waals surface area contributed by atoms with Crippen molar-refractivity contribution in [1.82, 2.24) is 0 Å². The number of allylic oxidation sites excluding steroid dienone is 4. The van der Waals surface area contributed by atoms with E-state index in [1.54, 1.807) is 11.1 Å². The predicted octanol–water partition coefficient (Wildman–Crippen LogP) is 3.70. The highest BCUT2D eigenvalue weighted by molar-refractivity contribution is 5.36. The predicted molar refractivity (Wildman–Crippen MR) is 50.5 cm³/mol. The van der Waals surface area contributed by atoms with Crippen LogP contribution in [0.25, 0.3) is 0 Å². The minimum Gasteiger partial charge on any atom is -0.0802 e. The molecule has 0 radical (unpaired) electrons. The summed E-state index contributed by atoms with van der Waals surface area (Å²) in [5.74, 6) is 0. The van der Waals surface area contributed by atoms with Crippen LogP contribution in [0, 0.1) is 5.41 Å². The van der Waals surface area contributed by atoms with Crippen LogP contribution in [-0.4, -0.2) is 0 Å². The first-order valence-electron chi connectivity index (χ1n) is 4.44. The fourth-order valence-electron chi connectivity index (χ4n) is 1.67. The second-order valence-electron chi connectivity index (χ2n) is 4.21. The molecule has 0 aromatic rings. The molecular formula is C11H18. The molecule has 0 heterocycles. The van der Waals surface area contributed by atoms with E-state index in [1.165, 1.54) is 12.8 Å². The van der Waals surface area contributed by atoms with Crippen LogP contribution in [0.3, 0.4) is 0 Å². The third-order valence-corrected chi connectivity index (χ3v) is 2.31. The van der Waals surface area contributed by atoms with Crippen LogP contribution in [0.4, 0.5) is 0 Å². The topological polar surface area (TPSA) is 0 Å². The van der Waals surface area contributed by atoms with Gasteiger partial charge in [-0.05, 0) is 23.8 Å². The zero-order valence-corrected chi connectivity index (χ0v) is 8.07. The quantitative estimate of drug-likeness (QED) is 0.534. The summed E-state index contributed by atoms with van der Waals surface area (Å²) in [6, 6.07) is 0. The second-order valence-corrected chi connectivity index (χ2v) is 4.21. The van der Waals surface area contributed by atoms with Gasteiger partial charge in [0.15, 0.2) is 0 Å². The van der Waals surface area contributed by atoms with Gasteiger partial charge < -0.3 is 0 Å². The largest absolute Gasteiger partial charge is 0.0802 e. The zero-order chi connectivity index (χ0) is 8.48. The monoisotopic (exact) mass is 150 g/mol. The summed E-state index contributed by atoms with van der Waals surface area (Å²) in [4.78, 5) is 0. The van der Waals surface area contributed by atoms with Crippen molar-refractivity contribution in [1.29, 1.82) is 0 Å². The Balaban J connectivity index is 2.88. The average Bonchev–Trinajstić information content (AvgIpc) is 2.31. The molecule has 1 rings (SSSR count). The van der Waals surface area contributed by atoms with Crippen molar-refractivity contribution in [3.05, 3.63) is 23.3 Å². The Morgan fingerprint density at radius 2 is 2.00 bits per heavy atom. The lowest BCUT2D eigenvalue weighted by atomic mass is 9.83. The smallest absolute Gasteiger partial charge is 0.0124 e. The highest BCUT2D eigenvalue weighted by Crippen LogP contribution is 2.35. The number of rotatable bonds is 1. The maximum atomic E-state index is 2.30. The SMILES string of the molecule is CCC1=C(C(C)(C)C)CC=C1. The van der Waals surface area contributed by atoms with E-state index in [0.717, 1.165) is 0 Å². The summed E-state index contributed by atoms with van der Waals surface area (Å²) in [6.07, 6.45) is 6.91. The van der Waals surface area contributed by atoms with Gasteiger partial charge in [0.25, 0.3) is 0 Å². The fraction of sp³-hybridized carbons (Fsp3) is 0.636. The zero-order valence-electron chi connectivity index (χ0n) is 8.07. The van der Waals surface area contributed by atoms with E-state index in [1.807, 2.05) is 0 Å². The van der Waals surface area contributed by atoms with Gasteiger partial charge in [0.1, 0.15) is 0 Å². The highest BCUT2D eigenvalue weighted by atomic mass is 14.3. The third kappa shape index (κ3) is 1.74. The van der Waals surface area contributed by atoms with Gasteiger partial charge in [0.05, 0.1) is 0 Å². The lowest BCUT2D eigenvalue weighted by Crippen LogP contribution is -2.09. The van der Waals surface area contributed by atoms with E-state index in [4.69, 9.17) is 0 Å². The Hall–Kier alpha value is -0.520. The molecule has 0 bridgehead atoms. The number of hydrogen-bond donors (Lipinski definition) is 0. The van der Waals surface area contributed by atoms with E-state index < -0.39 is 0 Å². The van der Waals surface area contributed by atoms with Gasteiger partial charge in [-0.3, -0.25) is 0 Å². The van der Waals surface area contributed by atoms with E-state index in [2.05, 4.69) is 39.8 Å². The molecule has 0 unspecified atom stereocenters. The van der Waals surface area contributed by atoms with Gasteiger partial charge >= 0.3 is 0 Å². The molecular weight excluding hydrogens is 132 g/mol. The van der Waals surface area contributed by atoms with Crippen LogP contribution in [0.1, 0.15) is 40.5 Å². The molecule has 1 aliphatic rings. The molecule has 0 atom stereocenters. The van der Waals surface area contributed by atoms with E-state index in [9.17, 15) is 0 Å². The Bertz CT molecular complexity index is 199. The van der Waals surface area contributed by atoms with E-state index >= 15 is 0 Å².